The van der Waals surface area contributed by atoms with E-state index in [9.17, 15) is 14.3 Å². The van der Waals surface area contributed by atoms with Gasteiger partial charge in [-0.2, -0.15) is 5.26 Å². The summed E-state index contributed by atoms with van der Waals surface area (Å²) in [7, 11) is 0. The summed E-state index contributed by atoms with van der Waals surface area (Å²) in [4.78, 5) is 21.6. The Hall–Kier alpha value is -4.46. The molecule has 3 aliphatic heterocycles. The monoisotopic (exact) mass is 581 g/mol. The van der Waals surface area contributed by atoms with Gasteiger partial charge in [-0.25, -0.2) is 14.2 Å². The minimum atomic E-state index is -0.944. The molecule has 4 heterocycles. The molecule has 1 N–H and O–H groups in total. The van der Waals surface area contributed by atoms with Crippen LogP contribution >= 0.6 is 0 Å². The van der Waals surface area contributed by atoms with E-state index in [1.807, 2.05) is 18.2 Å². The largest absolute Gasteiger partial charge is 0.486 e. The first kappa shape index (κ1) is 27.4. The third-order valence-electron chi connectivity index (χ3n) is 8.84. The van der Waals surface area contributed by atoms with Crippen LogP contribution in [0.25, 0.3) is 11.0 Å². The number of fused-ring (bicyclic) bond motifs is 3. The summed E-state index contributed by atoms with van der Waals surface area (Å²) in [5.41, 5.74) is 4.27. The molecule has 2 unspecified atom stereocenters. The summed E-state index contributed by atoms with van der Waals surface area (Å²) in [6.07, 6.45) is 3.33. The molecule has 4 aromatic rings. The number of carbonyl (C=O) groups is 1. The fourth-order valence-corrected chi connectivity index (χ4v) is 6.66. The highest BCUT2D eigenvalue weighted by atomic mass is 19.1. The molecule has 0 spiro atoms. The number of carboxylic acid groups (broad SMARTS) is 1. The van der Waals surface area contributed by atoms with Crippen LogP contribution in [0.1, 0.15) is 46.6 Å². The Bertz CT molecular complexity index is 1710. The van der Waals surface area contributed by atoms with E-state index in [0.29, 0.717) is 25.2 Å². The van der Waals surface area contributed by atoms with Gasteiger partial charge in [0.25, 0.3) is 0 Å². The van der Waals surface area contributed by atoms with Crippen LogP contribution in [0.3, 0.4) is 0 Å². The standard InChI is InChI=1S/C33H32FN5O4/c34-28-13-21(15-35)4-9-31(28)43-20-22-2-1-3-24(12-22)39-25-6-7-26(39)17-37(16-25)19-32-36-29-8-5-23(33(40)41)14-30(29)38(32)18-27-10-11-42-27/h1-5,8-9,12-14,25-27H,6-7,10-11,16-20H2,(H,40,41)/t25?,26?,27-/m0/s1. The van der Waals surface area contributed by atoms with E-state index in [-0.39, 0.29) is 29.6 Å². The highest BCUT2D eigenvalue weighted by Gasteiger charge is 2.40. The lowest BCUT2D eigenvalue weighted by molar-refractivity contribution is -0.0592. The van der Waals surface area contributed by atoms with E-state index in [2.05, 4.69) is 26.5 Å². The molecule has 3 aromatic carbocycles. The molecule has 3 saturated heterocycles. The number of piperazine rings is 1. The molecule has 3 aliphatic rings. The zero-order chi connectivity index (χ0) is 29.5. The average Bonchev–Trinajstić information content (AvgIpc) is 3.46. The van der Waals surface area contributed by atoms with Gasteiger partial charge in [-0.1, -0.05) is 12.1 Å². The van der Waals surface area contributed by atoms with Crippen LogP contribution in [0.2, 0.25) is 0 Å². The lowest BCUT2D eigenvalue weighted by Gasteiger charge is -2.42. The van der Waals surface area contributed by atoms with Crippen LogP contribution in [0.15, 0.2) is 60.7 Å². The zero-order valence-electron chi connectivity index (χ0n) is 23.7. The third-order valence-corrected chi connectivity index (χ3v) is 8.84. The molecular weight excluding hydrogens is 549 g/mol. The summed E-state index contributed by atoms with van der Waals surface area (Å²) < 4.78 is 27.9. The van der Waals surface area contributed by atoms with E-state index in [1.54, 1.807) is 24.3 Å². The number of halogens is 1. The first-order chi connectivity index (χ1) is 20.9. The Morgan fingerprint density at radius 2 is 1.91 bits per heavy atom. The van der Waals surface area contributed by atoms with E-state index in [0.717, 1.165) is 67.1 Å². The fourth-order valence-electron chi connectivity index (χ4n) is 6.66. The Kier molecular flexibility index (Phi) is 7.21. The number of likely N-dealkylation sites (tertiary alicyclic amines) is 1. The van der Waals surface area contributed by atoms with Gasteiger partial charge in [0.1, 0.15) is 12.4 Å². The molecular formula is C33H32FN5O4. The number of anilines is 1. The van der Waals surface area contributed by atoms with Gasteiger partial charge in [0.05, 0.1) is 47.4 Å². The highest BCUT2D eigenvalue weighted by molar-refractivity contribution is 5.92. The summed E-state index contributed by atoms with van der Waals surface area (Å²) in [5.74, 6) is -0.413. The van der Waals surface area contributed by atoms with Crippen molar-refractivity contribution >= 4 is 22.7 Å². The van der Waals surface area contributed by atoms with Crippen LogP contribution < -0.4 is 9.64 Å². The summed E-state index contributed by atoms with van der Waals surface area (Å²) >= 11 is 0. The zero-order valence-corrected chi connectivity index (χ0v) is 23.7. The number of nitriles is 1. The van der Waals surface area contributed by atoms with Gasteiger partial charge in [-0.3, -0.25) is 4.90 Å². The maximum atomic E-state index is 14.3. The predicted molar refractivity (Wildman–Crippen MR) is 158 cm³/mol. The molecule has 0 aliphatic carbocycles. The highest BCUT2D eigenvalue weighted by Crippen LogP contribution is 2.36. The molecule has 0 saturated carbocycles. The third kappa shape index (κ3) is 5.42. The van der Waals surface area contributed by atoms with Gasteiger partial charge in [0.15, 0.2) is 11.6 Å². The van der Waals surface area contributed by atoms with Gasteiger partial charge >= 0.3 is 5.97 Å². The van der Waals surface area contributed by atoms with Crippen molar-refractivity contribution in [3.8, 4) is 11.8 Å². The van der Waals surface area contributed by atoms with Gasteiger partial charge in [0.2, 0.25) is 0 Å². The number of hydrogen-bond acceptors (Lipinski definition) is 7. The van der Waals surface area contributed by atoms with E-state index in [4.69, 9.17) is 19.7 Å². The number of nitrogens with zero attached hydrogens (tertiary/aromatic N) is 5. The topological polar surface area (TPSA) is 104 Å². The number of carboxylic acids is 1. The van der Waals surface area contributed by atoms with Crippen LogP contribution in [0, 0.1) is 17.1 Å². The van der Waals surface area contributed by atoms with E-state index >= 15 is 0 Å². The molecule has 43 heavy (non-hydrogen) atoms. The van der Waals surface area contributed by atoms with Crippen LogP contribution in [0.4, 0.5) is 10.1 Å². The number of imidazole rings is 1. The lowest BCUT2D eigenvalue weighted by Crippen LogP contribution is -2.53. The number of benzene rings is 3. The Morgan fingerprint density at radius 1 is 1.09 bits per heavy atom. The van der Waals surface area contributed by atoms with Crippen molar-refractivity contribution in [2.24, 2.45) is 0 Å². The first-order valence-electron chi connectivity index (χ1n) is 14.7. The minimum absolute atomic E-state index is 0.127. The van der Waals surface area contributed by atoms with Crippen molar-refractivity contribution < 1.29 is 23.8 Å². The Balaban J connectivity index is 1.06. The molecule has 0 amide bonds. The van der Waals surface area contributed by atoms with Crippen molar-refractivity contribution in [1.29, 1.82) is 5.26 Å². The predicted octanol–water partition coefficient (Wildman–Crippen LogP) is 4.97. The quantitative estimate of drug-likeness (QED) is 0.296. The van der Waals surface area contributed by atoms with E-state index in [1.165, 1.54) is 12.1 Å². The van der Waals surface area contributed by atoms with Crippen molar-refractivity contribution in [2.45, 2.75) is 57.1 Å². The molecule has 0 radical (unpaired) electrons. The molecule has 2 bridgehead atoms. The molecule has 9 nitrogen and oxygen atoms in total. The fraction of sp³-hybridized carbons (Fsp3) is 0.364. The average molecular weight is 582 g/mol. The lowest BCUT2D eigenvalue weighted by atomic mass is 10.1. The van der Waals surface area contributed by atoms with Crippen LogP contribution in [-0.2, 0) is 24.4 Å². The SMILES string of the molecule is N#Cc1ccc(OCc2cccc(N3C4CCC3CN(Cc3nc5ccc(C(=O)O)cc5n3C[C@@H]3CCO3)C4)c2)c(F)c1. The maximum Gasteiger partial charge on any atom is 0.335 e. The van der Waals surface area contributed by atoms with Crippen molar-refractivity contribution in [1.82, 2.24) is 14.5 Å². The molecule has 1 aromatic heterocycles. The van der Waals surface area contributed by atoms with Gasteiger partial charge in [-0.15, -0.1) is 0 Å². The number of rotatable bonds is 9. The van der Waals surface area contributed by atoms with Crippen LogP contribution in [0.5, 0.6) is 5.75 Å². The van der Waals surface area contributed by atoms with Crippen molar-refractivity contribution in [3.05, 3.63) is 89.0 Å². The number of aromatic carboxylic acids is 1. The Labute approximate surface area is 248 Å². The minimum Gasteiger partial charge on any atom is -0.486 e. The van der Waals surface area contributed by atoms with Crippen molar-refractivity contribution in [3.63, 3.8) is 0 Å². The molecule has 7 rings (SSSR count). The van der Waals surface area contributed by atoms with Gasteiger partial charge < -0.3 is 24.0 Å². The summed E-state index contributed by atoms with van der Waals surface area (Å²) in [6.45, 7) is 4.15. The maximum absolute atomic E-state index is 14.3. The summed E-state index contributed by atoms with van der Waals surface area (Å²) in [6, 6.07) is 20.3. The number of ether oxygens (including phenoxy) is 2. The Morgan fingerprint density at radius 3 is 2.60 bits per heavy atom. The van der Waals surface area contributed by atoms with Gasteiger partial charge in [0, 0.05) is 37.5 Å². The second kappa shape index (κ2) is 11.3. The second-order valence-corrected chi connectivity index (χ2v) is 11.6. The van der Waals surface area contributed by atoms with Crippen molar-refractivity contribution in [2.75, 3.05) is 24.6 Å². The van der Waals surface area contributed by atoms with Crippen LogP contribution in [-0.4, -0.2) is 63.4 Å². The molecule has 10 heteroatoms. The van der Waals surface area contributed by atoms with E-state index < -0.39 is 11.8 Å². The smallest absolute Gasteiger partial charge is 0.335 e. The number of aromatic nitrogens is 2. The normalized spacial score (nSPS) is 21.5. The van der Waals surface area contributed by atoms with Gasteiger partial charge in [-0.05, 0) is 73.4 Å². The number of hydrogen-bond donors (Lipinski definition) is 1. The molecule has 220 valence electrons. The first-order valence-corrected chi connectivity index (χ1v) is 14.7. The second-order valence-electron chi connectivity index (χ2n) is 11.6. The molecule has 3 atom stereocenters. The summed E-state index contributed by atoms with van der Waals surface area (Å²) in [5, 5.41) is 18.5. The molecule has 3 fully saturated rings.